The molecule has 2 aliphatic heterocycles. The van der Waals surface area contributed by atoms with Crippen molar-refractivity contribution in [2.75, 3.05) is 27.0 Å². The Balaban J connectivity index is 0.000000705. The zero-order valence-corrected chi connectivity index (χ0v) is 29.4. The number of carboxylic acid groups (broad SMARTS) is 2. The minimum absolute atomic E-state index is 0.0284. The van der Waals surface area contributed by atoms with Crippen molar-refractivity contribution in [3.8, 4) is 17.2 Å². The first-order valence-electron chi connectivity index (χ1n) is 17.1. The fraction of sp³-hybridized carbons (Fsp3) is 0.325. The van der Waals surface area contributed by atoms with Crippen LogP contribution in [-0.2, 0) is 27.2 Å². The van der Waals surface area contributed by atoms with Crippen LogP contribution in [0.25, 0.3) is 0 Å². The Labute approximate surface area is 305 Å². The summed E-state index contributed by atoms with van der Waals surface area (Å²) in [5.74, 6) is -3.12. The molecule has 1 saturated heterocycles. The highest BCUT2D eigenvalue weighted by Gasteiger charge is 2.48. The van der Waals surface area contributed by atoms with Gasteiger partial charge in [-0.25, -0.2) is 4.79 Å². The largest absolute Gasteiger partial charge is 0.497 e. The second kappa shape index (κ2) is 16.8. The van der Waals surface area contributed by atoms with Crippen molar-refractivity contribution in [2.24, 2.45) is 5.92 Å². The van der Waals surface area contributed by atoms with Crippen molar-refractivity contribution < 1.29 is 52.0 Å². The molecular weight excluding hydrogens is 693 g/mol. The quantitative estimate of drug-likeness (QED) is 0.150. The number of aryl methyl sites for hydroxylation is 2. The van der Waals surface area contributed by atoms with Gasteiger partial charge in [0.25, 0.3) is 0 Å². The molecule has 0 spiro atoms. The molecule has 0 aliphatic carbocycles. The van der Waals surface area contributed by atoms with Crippen LogP contribution in [0.15, 0.2) is 91.0 Å². The number of carbonyl (C=O) groups excluding carboxylic acids is 1. The van der Waals surface area contributed by atoms with Crippen LogP contribution in [0.4, 0.5) is 13.2 Å². The van der Waals surface area contributed by atoms with Crippen LogP contribution in [0.5, 0.6) is 17.2 Å². The van der Waals surface area contributed by atoms with Gasteiger partial charge >= 0.3 is 18.1 Å². The Morgan fingerprint density at radius 1 is 0.849 bits per heavy atom. The maximum Gasteiger partial charge on any atom is 0.490 e. The van der Waals surface area contributed by atoms with Gasteiger partial charge < -0.3 is 29.7 Å². The van der Waals surface area contributed by atoms with Crippen LogP contribution in [0.3, 0.4) is 0 Å². The third-order valence-electron chi connectivity index (χ3n) is 9.55. The lowest BCUT2D eigenvalue weighted by Crippen LogP contribution is -2.40. The number of nitrogens with one attached hydrogen (secondary N) is 1. The van der Waals surface area contributed by atoms with Gasteiger partial charge in [0.2, 0.25) is 12.7 Å². The van der Waals surface area contributed by atoms with Gasteiger partial charge in [-0.3, -0.25) is 14.5 Å². The van der Waals surface area contributed by atoms with E-state index in [4.69, 9.17) is 24.1 Å². The van der Waals surface area contributed by atoms with Gasteiger partial charge in [-0.2, -0.15) is 13.2 Å². The molecule has 2 heterocycles. The normalized spacial score (nSPS) is 17.9. The number of alkyl halides is 3. The van der Waals surface area contributed by atoms with Gasteiger partial charge in [0, 0.05) is 18.5 Å². The first kappa shape index (κ1) is 38.7. The molecule has 2 aliphatic rings. The van der Waals surface area contributed by atoms with E-state index in [0.29, 0.717) is 23.8 Å². The third kappa shape index (κ3) is 8.91. The van der Waals surface area contributed by atoms with Crippen molar-refractivity contribution in [3.05, 3.63) is 124 Å². The molecular formula is C40H41F3N2O8. The Bertz CT molecular complexity index is 1870. The highest BCUT2D eigenvalue weighted by molar-refractivity contribution is 5.80. The van der Waals surface area contributed by atoms with E-state index < -0.39 is 30.1 Å². The summed E-state index contributed by atoms with van der Waals surface area (Å²) in [7, 11) is 1.60. The summed E-state index contributed by atoms with van der Waals surface area (Å²) in [4.78, 5) is 38.1. The predicted octanol–water partition coefficient (Wildman–Crippen LogP) is 6.93. The van der Waals surface area contributed by atoms with E-state index in [9.17, 15) is 27.9 Å². The van der Waals surface area contributed by atoms with E-state index in [1.54, 1.807) is 7.11 Å². The fourth-order valence-electron chi connectivity index (χ4n) is 7.06. The summed E-state index contributed by atoms with van der Waals surface area (Å²) in [5.41, 5.74) is 6.12. The maximum atomic E-state index is 14.1. The second-order valence-corrected chi connectivity index (χ2v) is 12.6. The van der Waals surface area contributed by atoms with E-state index in [0.717, 1.165) is 35.1 Å². The summed E-state index contributed by atoms with van der Waals surface area (Å²) < 4.78 is 48.2. The van der Waals surface area contributed by atoms with Crippen LogP contribution in [-0.4, -0.2) is 66.1 Å². The molecule has 13 heteroatoms. The van der Waals surface area contributed by atoms with Gasteiger partial charge in [-0.15, -0.1) is 0 Å². The summed E-state index contributed by atoms with van der Waals surface area (Å²) in [6, 6.07) is 28.6. The Morgan fingerprint density at radius 3 is 1.92 bits per heavy atom. The van der Waals surface area contributed by atoms with Gasteiger partial charge in [0.1, 0.15) is 5.75 Å². The first-order chi connectivity index (χ1) is 25.4. The molecule has 53 heavy (non-hydrogen) atoms. The minimum Gasteiger partial charge on any atom is -0.497 e. The molecule has 4 aromatic rings. The van der Waals surface area contributed by atoms with E-state index in [1.807, 2.05) is 71.6 Å². The molecule has 1 fully saturated rings. The molecule has 10 nitrogen and oxygen atoms in total. The second-order valence-electron chi connectivity index (χ2n) is 12.6. The smallest absolute Gasteiger partial charge is 0.490 e. The van der Waals surface area contributed by atoms with Gasteiger partial charge in [0.15, 0.2) is 11.5 Å². The standard InChI is InChI=1S/C38H40N2O6.C2HF3O2/c1-4-24-10-6-8-12-29(24)36(30-13-9-7-11-25(30)5-2)39-34(41)22-40-21-31(27-16-19-32-33(20-27)46-23-45-32)35(38(42)43)37(40)26-14-17-28(44-3)18-15-26;3-2(4,5)1(6)7/h6-20,31,35-37H,4-5,21-23H2,1-3H3,(H,39,41)(H,42,43);(H,6,7)/t31-,35-,37+;/m1./s1. The van der Waals surface area contributed by atoms with Crippen LogP contribution >= 0.6 is 0 Å². The van der Waals surface area contributed by atoms with Gasteiger partial charge in [-0.1, -0.05) is 80.6 Å². The highest BCUT2D eigenvalue weighted by Crippen LogP contribution is 2.48. The molecule has 0 bridgehead atoms. The summed E-state index contributed by atoms with van der Waals surface area (Å²) in [6.07, 6.45) is -3.42. The summed E-state index contributed by atoms with van der Waals surface area (Å²) in [6.45, 7) is 4.78. The van der Waals surface area contributed by atoms with Crippen molar-refractivity contribution in [1.82, 2.24) is 10.2 Å². The SMILES string of the molecule is CCc1ccccc1C(NC(=O)CN1C[C@H](c2ccc3c(c2)OCO3)[C@@H](C(=O)O)[C@@H]1c1ccc(OC)cc1)c1ccccc1CC.O=C(O)C(F)(F)F. The Morgan fingerprint density at radius 2 is 1.40 bits per heavy atom. The first-order valence-corrected chi connectivity index (χ1v) is 17.1. The van der Waals surface area contributed by atoms with Crippen LogP contribution in [0.1, 0.15) is 65.2 Å². The predicted molar refractivity (Wildman–Crippen MR) is 189 cm³/mol. The molecule has 0 radical (unpaired) electrons. The number of nitrogens with zero attached hydrogens (tertiary/aromatic N) is 1. The van der Waals surface area contributed by atoms with E-state index in [2.05, 4.69) is 43.4 Å². The van der Waals surface area contributed by atoms with Crippen molar-refractivity contribution in [3.63, 3.8) is 0 Å². The molecule has 0 aromatic heterocycles. The Hall–Kier alpha value is -5.56. The maximum absolute atomic E-state index is 14.1. The fourth-order valence-corrected chi connectivity index (χ4v) is 7.06. The summed E-state index contributed by atoms with van der Waals surface area (Å²) in [5, 5.41) is 21.2. The van der Waals surface area contributed by atoms with Gasteiger partial charge in [-0.05, 0) is 70.5 Å². The molecule has 6 rings (SSSR count). The summed E-state index contributed by atoms with van der Waals surface area (Å²) >= 11 is 0. The number of carboxylic acids is 2. The third-order valence-corrected chi connectivity index (χ3v) is 9.55. The van der Waals surface area contributed by atoms with Crippen molar-refractivity contribution in [1.29, 1.82) is 0 Å². The number of amides is 1. The number of fused-ring (bicyclic) bond motifs is 1. The van der Waals surface area contributed by atoms with Crippen molar-refractivity contribution in [2.45, 2.75) is 50.9 Å². The molecule has 280 valence electrons. The average Bonchev–Trinajstić information content (AvgIpc) is 3.78. The monoisotopic (exact) mass is 734 g/mol. The van der Waals surface area contributed by atoms with E-state index in [1.165, 1.54) is 11.1 Å². The number of rotatable bonds is 11. The van der Waals surface area contributed by atoms with E-state index in [-0.39, 0.29) is 31.2 Å². The lowest BCUT2D eigenvalue weighted by Gasteiger charge is -2.29. The van der Waals surface area contributed by atoms with E-state index >= 15 is 0 Å². The minimum atomic E-state index is -5.08. The molecule has 0 saturated carbocycles. The number of halogens is 3. The Kier molecular flexibility index (Phi) is 12.3. The van der Waals surface area contributed by atoms with Crippen LogP contribution < -0.4 is 19.5 Å². The molecule has 4 aromatic carbocycles. The zero-order chi connectivity index (χ0) is 38.3. The van der Waals surface area contributed by atoms with Crippen LogP contribution in [0, 0.1) is 5.92 Å². The number of carbonyl (C=O) groups is 3. The lowest BCUT2D eigenvalue weighted by molar-refractivity contribution is -0.192. The molecule has 3 N–H and O–H groups in total. The molecule has 3 atom stereocenters. The lowest BCUT2D eigenvalue weighted by atomic mass is 9.82. The number of methoxy groups -OCH3 is 1. The average molecular weight is 735 g/mol. The molecule has 0 unspecified atom stereocenters. The van der Waals surface area contributed by atoms with Crippen LogP contribution in [0.2, 0.25) is 0 Å². The topological polar surface area (TPSA) is 135 Å². The highest BCUT2D eigenvalue weighted by atomic mass is 19.4. The number of hydrogen-bond donors (Lipinski definition) is 3. The number of benzene rings is 4. The number of likely N-dealkylation sites (tertiary alicyclic amines) is 1. The number of hydrogen-bond acceptors (Lipinski definition) is 7. The number of aliphatic carboxylic acids is 2. The molecule has 1 amide bonds. The van der Waals surface area contributed by atoms with Gasteiger partial charge in [0.05, 0.1) is 25.6 Å². The van der Waals surface area contributed by atoms with Crippen molar-refractivity contribution >= 4 is 17.8 Å². The number of ether oxygens (including phenoxy) is 3. The zero-order valence-electron chi connectivity index (χ0n) is 29.4.